The van der Waals surface area contributed by atoms with Crippen molar-refractivity contribution in [1.29, 1.82) is 0 Å². The Balaban J connectivity index is 1.36. The molecule has 3 heterocycles. The van der Waals surface area contributed by atoms with Crippen molar-refractivity contribution in [1.82, 2.24) is 24.5 Å². The molecule has 1 saturated carbocycles. The number of carbonyl (C=O) groups excluding carboxylic acids is 2. The molecule has 1 saturated heterocycles. The Morgan fingerprint density at radius 1 is 1.21 bits per heavy atom. The molecule has 3 aromatic rings. The van der Waals surface area contributed by atoms with Crippen molar-refractivity contribution in [3.05, 3.63) is 53.0 Å². The maximum atomic E-state index is 13.6. The van der Waals surface area contributed by atoms with Crippen LogP contribution in [-0.4, -0.2) is 49.4 Å². The van der Waals surface area contributed by atoms with Gasteiger partial charge in [0.2, 0.25) is 0 Å². The molecule has 13 heteroatoms. The molecule has 2 fully saturated rings. The molecule has 0 atom stereocenters. The molecule has 1 aliphatic carbocycles. The van der Waals surface area contributed by atoms with Crippen LogP contribution in [0.5, 0.6) is 0 Å². The lowest BCUT2D eigenvalue weighted by Gasteiger charge is -2.45. The van der Waals surface area contributed by atoms with Crippen LogP contribution in [0.25, 0.3) is 11.4 Å². The van der Waals surface area contributed by atoms with E-state index >= 15 is 0 Å². The molecule has 0 unspecified atom stereocenters. The molecule has 1 aromatic carbocycles. The summed E-state index contributed by atoms with van der Waals surface area (Å²) >= 11 is 0. The number of likely N-dealkylation sites (tertiary alicyclic amines) is 1. The fourth-order valence-corrected chi connectivity index (χ4v) is 5.54. The summed E-state index contributed by atoms with van der Waals surface area (Å²) in [6.45, 7) is 2.77. The van der Waals surface area contributed by atoms with E-state index in [1.165, 1.54) is 16.9 Å². The molecule has 2 amide bonds. The summed E-state index contributed by atoms with van der Waals surface area (Å²) in [6.07, 6.45) is -1.07. The normalized spacial score (nSPS) is 20.5. The Kier molecular flexibility index (Phi) is 6.36. The molecule has 2 aromatic heterocycles. The van der Waals surface area contributed by atoms with Crippen LogP contribution < -0.4 is 11.5 Å². The fourth-order valence-electron chi connectivity index (χ4n) is 5.54. The van der Waals surface area contributed by atoms with Crippen LogP contribution in [0, 0.1) is 23.1 Å². The number of anilines is 1. The summed E-state index contributed by atoms with van der Waals surface area (Å²) in [7, 11) is 0. The van der Waals surface area contributed by atoms with E-state index in [-0.39, 0.29) is 52.2 Å². The summed E-state index contributed by atoms with van der Waals surface area (Å²) in [4.78, 5) is 26.2. The van der Waals surface area contributed by atoms with E-state index in [9.17, 15) is 27.2 Å². The van der Waals surface area contributed by atoms with Gasteiger partial charge in [0.25, 0.3) is 11.8 Å². The third-order valence-corrected chi connectivity index (χ3v) is 7.40. The molecule has 1 spiro atoms. The number of nitrogen functional groups attached to an aromatic ring is 1. The Labute approximate surface area is 220 Å². The van der Waals surface area contributed by atoms with Gasteiger partial charge in [-0.2, -0.15) is 23.4 Å². The molecular weight excluding hydrogens is 518 g/mol. The molecule has 5 rings (SSSR count). The predicted octanol–water partition coefficient (Wildman–Crippen LogP) is 3.21. The topological polar surface area (TPSA) is 125 Å². The van der Waals surface area contributed by atoms with Crippen molar-refractivity contribution in [3.63, 3.8) is 0 Å². The largest absolute Gasteiger partial charge is 0.419 e. The first kappa shape index (κ1) is 26.3. The minimum Gasteiger partial charge on any atom is -0.383 e. The summed E-state index contributed by atoms with van der Waals surface area (Å²) < 4.78 is 55.8. The molecule has 39 heavy (non-hydrogen) atoms. The molecule has 0 bridgehead atoms. The second kappa shape index (κ2) is 9.44. The van der Waals surface area contributed by atoms with Crippen LogP contribution in [0.15, 0.2) is 30.5 Å². The number of primary amides is 1. The third kappa shape index (κ3) is 4.82. The fraction of sp³-hybridized carbons (Fsp3) is 0.385. The van der Waals surface area contributed by atoms with Gasteiger partial charge in [-0.1, -0.05) is 12.0 Å². The van der Waals surface area contributed by atoms with Crippen LogP contribution in [0.3, 0.4) is 0 Å². The van der Waals surface area contributed by atoms with Gasteiger partial charge in [-0.05, 0) is 61.3 Å². The summed E-state index contributed by atoms with van der Waals surface area (Å²) in [6, 6.07) is 4.18. The number of hydrogen-bond acceptors (Lipinski definition) is 5. The summed E-state index contributed by atoms with van der Waals surface area (Å²) in [5.41, 5.74) is 11.1. The van der Waals surface area contributed by atoms with E-state index < -0.39 is 23.5 Å². The van der Waals surface area contributed by atoms with Gasteiger partial charge in [-0.3, -0.25) is 14.3 Å². The molecule has 1 aliphatic heterocycles. The Bertz CT molecular complexity index is 1520. The highest BCUT2D eigenvalue weighted by molar-refractivity contribution is 6.03. The Morgan fingerprint density at radius 3 is 2.62 bits per heavy atom. The number of rotatable bonds is 5. The van der Waals surface area contributed by atoms with E-state index in [0.29, 0.717) is 25.9 Å². The summed E-state index contributed by atoms with van der Waals surface area (Å²) in [5.74, 6) is 2.95. The molecule has 0 radical (unpaired) electrons. The lowest BCUT2D eigenvalue weighted by Crippen LogP contribution is -2.42. The van der Waals surface area contributed by atoms with Crippen LogP contribution in [0.2, 0.25) is 0 Å². The Hall–Kier alpha value is -4.34. The van der Waals surface area contributed by atoms with Gasteiger partial charge in [0.15, 0.2) is 0 Å². The number of benzene rings is 1. The first-order chi connectivity index (χ1) is 18.4. The van der Waals surface area contributed by atoms with Crippen LogP contribution in [0.4, 0.5) is 23.4 Å². The first-order valence-corrected chi connectivity index (χ1v) is 12.2. The lowest BCUT2D eigenvalue weighted by atomic mass is 9.65. The van der Waals surface area contributed by atoms with E-state index in [0.717, 1.165) is 18.6 Å². The van der Waals surface area contributed by atoms with Gasteiger partial charge < -0.3 is 16.4 Å². The zero-order chi connectivity index (χ0) is 28.1. The van der Waals surface area contributed by atoms with Crippen LogP contribution >= 0.6 is 0 Å². The van der Waals surface area contributed by atoms with Crippen LogP contribution in [-0.2, 0) is 17.5 Å². The standard InChI is InChI=1S/C26H25F4N7O2/c1-2-3-20(38)35-9-7-25(14-35)11-16(12-25)37-23(31)21(24(32)39)22(34-37)19-6-8-36(33-19)13-15-4-5-18(27)17(10-15)26(28,29)30/h4-6,8,10,16H,7,9,11-14,31H2,1H3,(H2,32,39). The highest BCUT2D eigenvalue weighted by atomic mass is 19.4. The first-order valence-electron chi connectivity index (χ1n) is 12.2. The van der Waals surface area contributed by atoms with Gasteiger partial charge in [0.05, 0.1) is 18.2 Å². The van der Waals surface area contributed by atoms with Gasteiger partial charge in [0, 0.05) is 19.3 Å². The zero-order valence-electron chi connectivity index (χ0n) is 20.9. The quantitative estimate of drug-likeness (QED) is 0.378. The van der Waals surface area contributed by atoms with Gasteiger partial charge in [-0.15, -0.1) is 0 Å². The average molecular weight is 544 g/mol. The number of nitrogens with zero attached hydrogens (tertiary/aromatic N) is 5. The van der Waals surface area contributed by atoms with E-state index in [2.05, 4.69) is 22.0 Å². The van der Waals surface area contributed by atoms with Gasteiger partial charge in [0.1, 0.15) is 28.6 Å². The van der Waals surface area contributed by atoms with Crippen molar-refractivity contribution >= 4 is 17.6 Å². The van der Waals surface area contributed by atoms with Crippen molar-refractivity contribution in [2.75, 3.05) is 18.8 Å². The number of carbonyl (C=O) groups is 2. The average Bonchev–Trinajstić information content (AvgIpc) is 3.56. The predicted molar refractivity (Wildman–Crippen MR) is 132 cm³/mol. The number of halogens is 4. The second-order valence-corrected chi connectivity index (χ2v) is 10.0. The molecule has 2 aliphatic rings. The van der Waals surface area contributed by atoms with Crippen LogP contribution in [0.1, 0.15) is 53.7 Å². The van der Waals surface area contributed by atoms with Crippen molar-refractivity contribution < 1.29 is 27.2 Å². The summed E-state index contributed by atoms with van der Waals surface area (Å²) in [5, 5.41) is 8.91. The highest BCUT2D eigenvalue weighted by Gasteiger charge is 2.51. The van der Waals surface area contributed by atoms with E-state index in [1.54, 1.807) is 22.6 Å². The van der Waals surface area contributed by atoms with E-state index in [1.807, 2.05) is 0 Å². The Morgan fingerprint density at radius 2 is 1.95 bits per heavy atom. The van der Waals surface area contributed by atoms with Crippen molar-refractivity contribution in [2.24, 2.45) is 11.1 Å². The van der Waals surface area contributed by atoms with Crippen molar-refractivity contribution in [2.45, 2.75) is 44.9 Å². The molecule has 4 N–H and O–H groups in total. The zero-order valence-corrected chi connectivity index (χ0v) is 20.9. The monoisotopic (exact) mass is 543 g/mol. The van der Waals surface area contributed by atoms with E-state index in [4.69, 9.17) is 11.5 Å². The number of hydrogen-bond donors (Lipinski definition) is 2. The van der Waals surface area contributed by atoms with Gasteiger partial charge in [-0.25, -0.2) is 9.07 Å². The highest BCUT2D eigenvalue weighted by Crippen LogP contribution is 2.54. The molecule has 9 nitrogen and oxygen atoms in total. The number of alkyl halides is 3. The lowest BCUT2D eigenvalue weighted by molar-refractivity contribution is -0.140. The van der Waals surface area contributed by atoms with Gasteiger partial charge >= 0.3 is 6.18 Å². The second-order valence-electron chi connectivity index (χ2n) is 10.0. The van der Waals surface area contributed by atoms with Crippen molar-refractivity contribution in [3.8, 4) is 23.2 Å². The minimum absolute atomic E-state index is 0.00351. The third-order valence-electron chi connectivity index (χ3n) is 7.40. The maximum Gasteiger partial charge on any atom is 0.419 e. The minimum atomic E-state index is -4.83. The number of nitrogens with two attached hydrogens (primary N) is 2. The number of aromatic nitrogens is 4. The molecule has 204 valence electrons. The SMILES string of the molecule is CC#CC(=O)N1CCC2(CC(n3nc(-c4ccn(Cc5ccc(F)c(C(F)(F)F)c5)n4)c(C(N)=O)c3N)C2)C1. The number of amides is 2. The maximum absolute atomic E-state index is 13.6. The smallest absolute Gasteiger partial charge is 0.383 e. The molecular formula is C26H25F4N7O2.